The normalized spacial score (nSPS) is 23.5. The molecule has 5 N–H and O–H groups in total. The predicted octanol–water partition coefficient (Wildman–Crippen LogP) is 0.936. The summed E-state index contributed by atoms with van der Waals surface area (Å²) in [6.07, 6.45) is 6.31. The maximum atomic E-state index is 12.7. The molecule has 0 spiro atoms. The number of aliphatic hydroxyl groups excluding tert-OH is 1. The summed E-state index contributed by atoms with van der Waals surface area (Å²) in [5.74, 6) is 0.114. The molecule has 1 aliphatic heterocycles. The highest BCUT2D eigenvalue weighted by molar-refractivity contribution is 5.82. The van der Waals surface area contributed by atoms with Gasteiger partial charge >= 0.3 is 6.09 Å². The monoisotopic (exact) mass is 407 g/mol. The first-order valence-electron chi connectivity index (χ1n) is 10.7. The van der Waals surface area contributed by atoms with Gasteiger partial charge in [0.2, 0.25) is 5.91 Å². The van der Waals surface area contributed by atoms with Crippen molar-refractivity contribution in [1.82, 2.24) is 20.4 Å². The number of carbonyl (C=O) groups excluding carboxylic acids is 2. The lowest BCUT2D eigenvalue weighted by Crippen LogP contribution is -2.54. The summed E-state index contributed by atoms with van der Waals surface area (Å²) in [6, 6.07) is 0.515. The zero-order valence-corrected chi connectivity index (χ0v) is 17.0. The Bertz CT molecular complexity index is 662. The van der Waals surface area contributed by atoms with Crippen LogP contribution in [0.1, 0.15) is 51.1 Å². The number of rotatable bonds is 9. The van der Waals surface area contributed by atoms with Crippen LogP contribution in [0.4, 0.5) is 4.79 Å². The molecule has 1 aromatic heterocycles. The molecule has 9 heteroatoms. The van der Waals surface area contributed by atoms with Crippen molar-refractivity contribution in [2.45, 2.75) is 76.2 Å². The number of nitrogens with one attached hydrogen (secondary N) is 2. The zero-order valence-electron chi connectivity index (χ0n) is 17.0. The summed E-state index contributed by atoms with van der Waals surface area (Å²) in [6.45, 7) is 2.72. The van der Waals surface area contributed by atoms with Crippen LogP contribution >= 0.6 is 0 Å². The Kier molecular flexibility index (Phi) is 7.49. The third-order valence-electron chi connectivity index (χ3n) is 6.06. The molecule has 29 heavy (non-hydrogen) atoms. The largest absolute Gasteiger partial charge is 0.441 e. The third-order valence-corrected chi connectivity index (χ3v) is 6.06. The second kappa shape index (κ2) is 10.1. The van der Waals surface area contributed by atoms with Crippen LogP contribution in [0, 0.1) is 5.92 Å². The van der Waals surface area contributed by atoms with E-state index in [4.69, 9.17) is 10.5 Å². The van der Waals surface area contributed by atoms with E-state index in [2.05, 4.69) is 15.5 Å². The average Bonchev–Trinajstić information content (AvgIpc) is 3.36. The maximum Gasteiger partial charge on any atom is 0.410 e. The van der Waals surface area contributed by atoms with Gasteiger partial charge in [-0.2, -0.15) is 5.10 Å². The molecule has 3 rings (SSSR count). The number of nitrogens with two attached hydrogens (primary N) is 1. The van der Waals surface area contributed by atoms with Gasteiger partial charge < -0.3 is 25.8 Å². The quantitative estimate of drug-likeness (QED) is 0.481. The van der Waals surface area contributed by atoms with Crippen molar-refractivity contribution in [2.75, 3.05) is 13.1 Å². The molecule has 0 bridgehead atoms. The molecule has 0 unspecified atom stereocenters. The number of hydrogen-bond donors (Lipinski definition) is 4. The Labute approximate surface area is 171 Å². The lowest BCUT2D eigenvalue weighted by atomic mass is 9.83. The Morgan fingerprint density at radius 2 is 2.21 bits per heavy atom. The molecule has 2 aliphatic rings. The van der Waals surface area contributed by atoms with Gasteiger partial charge in [-0.1, -0.05) is 32.1 Å². The minimum atomic E-state index is -0.972. The molecule has 0 aromatic carbocycles. The Hall–Kier alpha value is -2.13. The first-order valence-corrected chi connectivity index (χ1v) is 10.7. The van der Waals surface area contributed by atoms with Gasteiger partial charge in [0.1, 0.15) is 12.2 Å². The van der Waals surface area contributed by atoms with E-state index in [0.29, 0.717) is 31.8 Å². The number of cyclic esters (lactones) is 1. The molecule has 2 amide bonds. The second-order valence-electron chi connectivity index (χ2n) is 8.20. The zero-order chi connectivity index (χ0) is 20.8. The van der Waals surface area contributed by atoms with Gasteiger partial charge in [-0.15, -0.1) is 0 Å². The van der Waals surface area contributed by atoms with Crippen LogP contribution in [0.25, 0.3) is 0 Å². The molecule has 162 valence electrons. The number of aromatic amines is 1. The van der Waals surface area contributed by atoms with E-state index >= 15 is 0 Å². The molecular weight excluding hydrogens is 374 g/mol. The lowest BCUT2D eigenvalue weighted by molar-refractivity contribution is -0.124. The fraction of sp³-hybridized carbons (Fsp3) is 0.750. The van der Waals surface area contributed by atoms with Crippen molar-refractivity contribution in [2.24, 2.45) is 11.7 Å². The maximum absolute atomic E-state index is 12.7. The number of aromatic nitrogens is 2. The van der Waals surface area contributed by atoms with Gasteiger partial charge in [0.15, 0.2) is 0 Å². The van der Waals surface area contributed by atoms with Crippen LogP contribution in [-0.4, -0.2) is 69.6 Å². The lowest BCUT2D eigenvalue weighted by Gasteiger charge is -2.32. The SMILES string of the molecule is CCN1C[C@@H]([C@H](O)[C@H](CC2CCCCC2)NC(=O)[C@@H](N)Cc2ccn[nH]2)OC1=O. The fourth-order valence-corrected chi connectivity index (χ4v) is 4.31. The van der Waals surface area contributed by atoms with Crippen LogP contribution < -0.4 is 11.1 Å². The number of aliphatic hydroxyl groups is 1. The summed E-state index contributed by atoms with van der Waals surface area (Å²) in [4.78, 5) is 26.2. The van der Waals surface area contributed by atoms with E-state index in [1.807, 2.05) is 6.92 Å². The number of hydrogen-bond acceptors (Lipinski definition) is 6. The predicted molar refractivity (Wildman–Crippen MR) is 107 cm³/mol. The minimum absolute atomic E-state index is 0.323. The van der Waals surface area contributed by atoms with Gasteiger partial charge in [-0.05, 0) is 25.3 Å². The first-order chi connectivity index (χ1) is 14.0. The minimum Gasteiger partial charge on any atom is -0.441 e. The molecule has 2 heterocycles. The summed E-state index contributed by atoms with van der Waals surface area (Å²) in [5.41, 5.74) is 6.85. The van der Waals surface area contributed by atoms with Gasteiger partial charge in [0, 0.05) is 24.9 Å². The summed E-state index contributed by atoms with van der Waals surface area (Å²) in [5, 5.41) is 20.6. The van der Waals surface area contributed by atoms with E-state index in [9.17, 15) is 14.7 Å². The molecule has 1 aromatic rings. The first kappa shape index (κ1) is 21.6. The van der Waals surface area contributed by atoms with E-state index in [-0.39, 0.29) is 5.91 Å². The highest BCUT2D eigenvalue weighted by Gasteiger charge is 2.40. The van der Waals surface area contributed by atoms with Crippen LogP contribution in [0.5, 0.6) is 0 Å². The van der Waals surface area contributed by atoms with Crippen LogP contribution in [0.15, 0.2) is 12.3 Å². The molecule has 1 saturated carbocycles. The second-order valence-corrected chi connectivity index (χ2v) is 8.20. The number of nitrogens with zero attached hydrogens (tertiary/aromatic N) is 2. The number of carbonyl (C=O) groups is 2. The molecule has 2 fully saturated rings. The Balaban J connectivity index is 1.64. The van der Waals surface area contributed by atoms with Crippen molar-refractivity contribution in [3.63, 3.8) is 0 Å². The third kappa shape index (κ3) is 5.70. The number of amides is 2. The number of H-pyrrole nitrogens is 1. The molecule has 0 radical (unpaired) electrons. The number of likely N-dealkylation sites (N-methyl/N-ethyl adjacent to an activating group) is 1. The Morgan fingerprint density at radius 3 is 2.83 bits per heavy atom. The van der Waals surface area contributed by atoms with Gasteiger partial charge in [0.25, 0.3) is 0 Å². The van der Waals surface area contributed by atoms with Crippen molar-refractivity contribution in [3.05, 3.63) is 18.0 Å². The fourth-order valence-electron chi connectivity index (χ4n) is 4.31. The van der Waals surface area contributed by atoms with Crippen molar-refractivity contribution >= 4 is 12.0 Å². The van der Waals surface area contributed by atoms with Gasteiger partial charge in [0.05, 0.1) is 18.6 Å². The molecule has 9 nitrogen and oxygen atoms in total. The smallest absolute Gasteiger partial charge is 0.410 e. The molecule has 4 atom stereocenters. The van der Waals surface area contributed by atoms with Crippen LogP contribution in [-0.2, 0) is 16.0 Å². The van der Waals surface area contributed by atoms with Crippen molar-refractivity contribution < 1.29 is 19.4 Å². The highest BCUT2D eigenvalue weighted by Crippen LogP contribution is 2.29. The van der Waals surface area contributed by atoms with E-state index in [0.717, 1.165) is 18.5 Å². The van der Waals surface area contributed by atoms with Gasteiger partial charge in [-0.25, -0.2) is 4.79 Å². The van der Waals surface area contributed by atoms with Crippen LogP contribution in [0.2, 0.25) is 0 Å². The van der Waals surface area contributed by atoms with E-state index < -0.39 is 30.4 Å². The standard InChI is InChI=1S/C20H33N5O4/c1-2-25-12-17(29-20(25)28)18(26)16(10-13-6-4-3-5-7-13)23-19(27)15(21)11-14-8-9-22-24-14/h8-9,13,15-18,26H,2-7,10-12,21H2,1H3,(H,22,24)(H,23,27)/t15-,16-,17-,18+/m0/s1. The molecule has 1 aliphatic carbocycles. The summed E-state index contributed by atoms with van der Waals surface area (Å²) < 4.78 is 5.37. The van der Waals surface area contributed by atoms with E-state index in [1.54, 1.807) is 17.2 Å². The topological polar surface area (TPSA) is 134 Å². The summed E-state index contributed by atoms with van der Waals surface area (Å²) >= 11 is 0. The van der Waals surface area contributed by atoms with Crippen LogP contribution in [0.3, 0.4) is 0 Å². The van der Waals surface area contributed by atoms with Crippen molar-refractivity contribution in [3.8, 4) is 0 Å². The van der Waals surface area contributed by atoms with Crippen molar-refractivity contribution in [1.29, 1.82) is 0 Å². The van der Waals surface area contributed by atoms with E-state index in [1.165, 1.54) is 19.3 Å². The highest BCUT2D eigenvalue weighted by atomic mass is 16.6. The number of ether oxygens (including phenoxy) is 1. The summed E-state index contributed by atoms with van der Waals surface area (Å²) in [7, 11) is 0. The average molecular weight is 408 g/mol. The molecule has 1 saturated heterocycles. The van der Waals surface area contributed by atoms with Gasteiger partial charge in [-0.3, -0.25) is 9.89 Å². The Morgan fingerprint density at radius 1 is 1.45 bits per heavy atom. The molecular formula is C20H33N5O4.